The van der Waals surface area contributed by atoms with Gasteiger partial charge in [0.05, 0.1) is 3.57 Å². The Labute approximate surface area is 85.4 Å². The summed E-state index contributed by atoms with van der Waals surface area (Å²) in [6.45, 7) is 0. The molecule has 0 aromatic heterocycles. The third kappa shape index (κ3) is 1.38. The largest absolute Gasteiger partial charge is 0.586 e. The lowest BCUT2D eigenvalue weighted by Gasteiger charge is -2.04. The fourth-order valence-corrected chi connectivity index (χ4v) is 1.40. The average Bonchev–Trinajstić information content (AvgIpc) is 2.34. The van der Waals surface area contributed by atoms with Crippen molar-refractivity contribution in [3.8, 4) is 17.2 Å². The van der Waals surface area contributed by atoms with E-state index in [4.69, 9.17) is 0 Å². The first-order valence-corrected chi connectivity index (χ1v) is 4.35. The molecule has 0 radical (unpaired) electrons. The molecule has 0 bridgehead atoms. The highest BCUT2D eigenvalue weighted by molar-refractivity contribution is 14.1. The minimum absolute atomic E-state index is 0.150. The smallest absolute Gasteiger partial charge is 0.503 e. The zero-order valence-corrected chi connectivity index (χ0v) is 8.21. The number of halogens is 3. The maximum absolute atomic E-state index is 12.5. The van der Waals surface area contributed by atoms with Gasteiger partial charge >= 0.3 is 6.29 Å². The Hall–Kier alpha value is -0.790. The van der Waals surface area contributed by atoms with Crippen molar-refractivity contribution in [3.63, 3.8) is 0 Å². The van der Waals surface area contributed by atoms with Crippen LogP contribution in [0.2, 0.25) is 0 Å². The van der Waals surface area contributed by atoms with Crippen LogP contribution >= 0.6 is 22.6 Å². The van der Waals surface area contributed by atoms with Crippen LogP contribution in [-0.4, -0.2) is 11.4 Å². The van der Waals surface area contributed by atoms with Crippen molar-refractivity contribution < 1.29 is 23.4 Å². The van der Waals surface area contributed by atoms with Crippen molar-refractivity contribution in [2.75, 3.05) is 0 Å². The van der Waals surface area contributed by atoms with E-state index in [-0.39, 0.29) is 17.2 Å². The SMILES string of the molecule is Oc1c(I)ccc2c1OC(F)(F)O2. The Morgan fingerprint density at radius 1 is 1.31 bits per heavy atom. The molecule has 0 saturated carbocycles. The number of hydrogen-bond acceptors (Lipinski definition) is 3. The van der Waals surface area contributed by atoms with Crippen LogP contribution < -0.4 is 9.47 Å². The van der Waals surface area contributed by atoms with Gasteiger partial charge < -0.3 is 14.6 Å². The van der Waals surface area contributed by atoms with Gasteiger partial charge in [0.2, 0.25) is 5.75 Å². The predicted molar refractivity (Wildman–Crippen MR) is 47.0 cm³/mol. The zero-order chi connectivity index (χ0) is 9.64. The number of fused-ring (bicyclic) bond motifs is 1. The van der Waals surface area contributed by atoms with Gasteiger partial charge in [0.25, 0.3) is 0 Å². The van der Waals surface area contributed by atoms with Crippen LogP contribution in [0.5, 0.6) is 17.2 Å². The fraction of sp³-hybridized carbons (Fsp3) is 0.143. The number of hydrogen-bond donors (Lipinski definition) is 1. The maximum atomic E-state index is 12.5. The Morgan fingerprint density at radius 3 is 2.69 bits per heavy atom. The van der Waals surface area contributed by atoms with Gasteiger partial charge in [-0.1, -0.05) is 0 Å². The number of ether oxygens (including phenoxy) is 2. The lowest BCUT2D eigenvalue weighted by molar-refractivity contribution is -0.287. The Bertz CT molecular complexity index is 367. The van der Waals surface area contributed by atoms with Crippen molar-refractivity contribution in [2.45, 2.75) is 6.29 Å². The molecule has 0 unspecified atom stereocenters. The molecule has 1 aromatic rings. The summed E-state index contributed by atoms with van der Waals surface area (Å²) in [4.78, 5) is 0. The molecule has 0 fully saturated rings. The molecule has 13 heavy (non-hydrogen) atoms. The van der Waals surface area contributed by atoms with E-state index in [1.54, 1.807) is 22.6 Å². The second-order valence-corrected chi connectivity index (χ2v) is 3.55. The van der Waals surface area contributed by atoms with E-state index in [9.17, 15) is 13.9 Å². The van der Waals surface area contributed by atoms with Gasteiger partial charge in [-0.15, -0.1) is 8.78 Å². The number of aromatic hydroxyl groups is 1. The Morgan fingerprint density at radius 2 is 2.00 bits per heavy atom. The van der Waals surface area contributed by atoms with Crippen LogP contribution in [-0.2, 0) is 0 Å². The van der Waals surface area contributed by atoms with E-state index in [1.807, 2.05) is 0 Å². The molecule has 0 aliphatic carbocycles. The second kappa shape index (κ2) is 2.60. The first-order valence-electron chi connectivity index (χ1n) is 3.27. The fourth-order valence-electron chi connectivity index (χ4n) is 0.975. The summed E-state index contributed by atoms with van der Waals surface area (Å²) in [5, 5.41) is 9.30. The molecule has 1 aliphatic rings. The summed E-state index contributed by atoms with van der Waals surface area (Å²) in [5.74, 6) is -0.782. The van der Waals surface area contributed by atoms with Crippen molar-refractivity contribution >= 4 is 22.6 Å². The molecule has 3 nitrogen and oxygen atoms in total. The number of phenolic OH excluding ortho intramolecular Hbond substituents is 1. The summed E-state index contributed by atoms with van der Waals surface area (Å²) < 4.78 is 33.6. The highest BCUT2D eigenvalue weighted by Crippen LogP contribution is 2.48. The molecule has 1 heterocycles. The first kappa shape index (κ1) is 8.79. The Balaban J connectivity index is 2.53. The normalized spacial score (nSPS) is 17.5. The van der Waals surface area contributed by atoms with Crippen LogP contribution in [0.3, 0.4) is 0 Å². The zero-order valence-electron chi connectivity index (χ0n) is 6.05. The highest BCUT2D eigenvalue weighted by Gasteiger charge is 2.45. The van der Waals surface area contributed by atoms with Gasteiger partial charge in [0, 0.05) is 0 Å². The van der Waals surface area contributed by atoms with E-state index in [1.165, 1.54) is 12.1 Å². The van der Waals surface area contributed by atoms with Crippen LogP contribution in [0.25, 0.3) is 0 Å². The molecule has 0 amide bonds. The summed E-state index contributed by atoms with van der Waals surface area (Å²) in [6.07, 6.45) is -3.68. The van der Waals surface area contributed by atoms with E-state index >= 15 is 0 Å². The molecule has 1 aromatic carbocycles. The van der Waals surface area contributed by atoms with Gasteiger partial charge in [-0.05, 0) is 34.7 Å². The van der Waals surface area contributed by atoms with Gasteiger partial charge in [-0.25, -0.2) is 0 Å². The predicted octanol–water partition coefficient (Wildman–Crippen LogP) is 2.32. The number of alkyl halides is 2. The standard InChI is InChI=1S/C7H3F2IO3/c8-7(9)12-4-2-1-3(10)5(11)6(4)13-7/h1-2,11H. The average molecular weight is 300 g/mol. The molecule has 0 saturated heterocycles. The van der Waals surface area contributed by atoms with E-state index in [2.05, 4.69) is 9.47 Å². The van der Waals surface area contributed by atoms with Gasteiger partial charge in [-0.2, -0.15) is 0 Å². The van der Waals surface area contributed by atoms with Crippen LogP contribution in [0.1, 0.15) is 0 Å². The van der Waals surface area contributed by atoms with Gasteiger partial charge in [0.15, 0.2) is 11.5 Å². The van der Waals surface area contributed by atoms with Crippen molar-refractivity contribution in [1.29, 1.82) is 0 Å². The number of benzene rings is 1. The van der Waals surface area contributed by atoms with E-state index in [0.29, 0.717) is 3.57 Å². The minimum atomic E-state index is -3.68. The Kier molecular flexibility index (Phi) is 1.76. The summed E-state index contributed by atoms with van der Waals surface area (Å²) >= 11 is 1.80. The molecule has 1 aliphatic heterocycles. The van der Waals surface area contributed by atoms with Gasteiger partial charge in [-0.3, -0.25) is 0 Å². The van der Waals surface area contributed by atoms with Crippen molar-refractivity contribution in [2.24, 2.45) is 0 Å². The number of rotatable bonds is 0. The van der Waals surface area contributed by atoms with Crippen molar-refractivity contribution in [1.82, 2.24) is 0 Å². The van der Waals surface area contributed by atoms with Crippen molar-refractivity contribution in [3.05, 3.63) is 15.7 Å². The van der Waals surface area contributed by atoms with Crippen LogP contribution in [0.4, 0.5) is 8.78 Å². The molecule has 1 N–H and O–H groups in total. The molecule has 2 rings (SSSR count). The lowest BCUT2D eigenvalue weighted by atomic mass is 10.3. The van der Waals surface area contributed by atoms with E-state index in [0.717, 1.165) is 0 Å². The second-order valence-electron chi connectivity index (χ2n) is 2.39. The quantitative estimate of drug-likeness (QED) is 0.747. The van der Waals surface area contributed by atoms with Gasteiger partial charge in [0.1, 0.15) is 0 Å². The highest BCUT2D eigenvalue weighted by atomic mass is 127. The maximum Gasteiger partial charge on any atom is 0.586 e. The molecule has 6 heteroatoms. The molecular formula is C7H3F2IO3. The monoisotopic (exact) mass is 300 g/mol. The summed E-state index contributed by atoms with van der Waals surface area (Å²) in [6, 6.07) is 2.78. The van der Waals surface area contributed by atoms with E-state index < -0.39 is 6.29 Å². The molecule has 0 atom stereocenters. The lowest BCUT2D eigenvalue weighted by Crippen LogP contribution is -2.25. The topological polar surface area (TPSA) is 38.7 Å². The number of phenols is 1. The molecular weight excluding hydrogens is 297 g/mol. The van der Waals surface area contributed by atoms with Crippen LogP contribution in [0.15, 0.2) is 12.1 Å². The van der Waals surface area contributed by atoms with Crippen LogP contribution in [0, 0.1) is 3.57 Å². The third-order valence-corrected chi connectivity index (χ3v) is 2.37. The molecule has 0 spiro atoms. The summed E-state index contributed by atoms with van der Waals surface area (Å²) in [5.41, 5.74) is 0. The first-order chi connectivity index (χ1) is 5.99. The minimum Gasteiger partial charge on any atom is -0.503 e. The third-order valence-electron chi connectivity index (χ3n) is 1.50. The molecule has 70 valence electrons. The summed E-state index contributed by atoms with van der Waals surface area (Å²) in [7, 11) is 0.